The zero-order chi connectivity index (χ0) is 19.6. The molecular weight excluding hydrogens is 364 g/mol. The van der Waals surface area contributed by atoms with Crippen LogP contribution in [0.25, 0.3) is 11.4 Å². The first-order valence-electron chi connectivity index (χ1n) is 8.57. The van der Waals surface area contributed by atoms with Gasteiger partial charge >= 0.3 is 0 Å². The van der Waals surface area contributed by atoms with Crippen LogP contribution in [0.4, 0.5) is 5.69 Å². The van der Waals surface area contributed by atoms with E-state index in [4.69, 9.17) is 16.3 Å². The average molecular weight is 385 g/mol. The summed E-state index contributed by atoms with van der Waals surface area (Å²) >= 11 is 5.96. The van der Waals surface area contributed by atoms with Gasteiger partial charge in [-0.05, 0) is 63.1 Å². The van der Waals surface area contributed by atoms with E-state index in [9.17, 15) is 4.79 Å². The second-order valence-corrected chi connectivity index (χ2v) is 6.87. The number of rotatable bonds is 5. The quantitative estimate of drug-likeness (QED) is 0.680. The number of carbonyl (C=O) groups is 1. The molecule has 3 rings (SSSR count). The van der Waals surface area contributed by atoms with Gasteiger partial charge in [-0.3, -0.25) is 9.89 Å². The highest BCUT2D eigenvalue weighted by atomic mass is 35.5. The normalized spacial score (nSPS) is 11.9. The smallest absolute Gasteiger partial charge is 0.265 e. The summed E-state index contributed by atoms with van der Waals surface area (Å²) in [6, 6.07) is 11.0. The topological polar surface area (TPSA) is 79.9 Å². The predicted molar refractivity (Wildman–Crippen MR) is 106 cm³/mol. The Balaban J connectivity index is 1.74. The van der Waals surface area contributed by atoms with Crippen molar-refractivity contribution >= 4 is 23.2 Å². The van der Waals surface area contributed by atoms with E-state index in [-0.39, 0.29) is 5.91 Å². The maximum Gasteiger partial charge on any atom is 0.265 e. The van der Waals surface area contributed by atoms with Gasteiger partial charge in [0, 0.05) is 16.3 Å². The lowest BCUT2D eigenvalue weighted by Crippen LogP contribution is -2.30. The highest BCUT2D eigenvalue weighted by Crippen LogP contribution is 2.25. The van der Waals surface area contributed by atoms with Crippen LogP contribution in [0.2, 0.25) is 5.02 Å². The van der Waals surface area contributed by atoms with E-state index < -0.39 is 6.10 Å². The summed E-state index contributed by atoms with van der Waals surface area (Å²) in [5.41, 5.74) is 3.33. The Labute approximate surface area is 162 Å². The number of carbonyl (C=O) groups excluding carboxylic acids is 1. The Bertz CT molecular complexity index is 984. The Morgan fingerprint density at radius 3 is 2.59 bits per heavy atom. The van der Waals surface area contributed by atoms with Crippen LogP contribution >= 0.6 is 11.6 Å². The van der Waals surface area contributed by atoms with Gasteiger partial charge in [-0.1, -0.05) is 23.7 Å². The number of anilines is 1. The fraction of sp³-hybridized carbons (Fsp3) is 0.250. The van der Waals surface area contributed by atoms with E-state index in [0.29, 0.717) is 22.3 Å². The number of hydrogen-bond acceptors (Lipinski definition) is 4. The van der Waals surface area contributed by atoms with Crippen molar-refractivity contribution in [2.24, 2.45) is 0 Å². The van der Waals surface area contributed by atoms with Crippen molar-refractivity contribution in [2.45, 2.75) is 33.8 Å². The molecule has 1 amide bonds. The summed E-state index contributed by atoms with van der Waals surface area (Å²) in [7, 11) is 0. The van der Waals surface area contributed by atoms with Crippen molar-refractivity contribution in [3.8, 4) is 17.1 Å². The van der Waals surface area contributed by atoms with Gasteiger partial charge in [0.25, 0.3) is 5.91 Å². The molecule has 6 nitrogen and oxygen atoms in total. The van der Waals surface area contributed by atoms with E-state index in [1.54, 1.807) is 25.1 Å². The number of halogens is 1. The monoisotopic (exact) mass is 384 g/mol. The molecule has 0 aliphatic heterocycles. The molecule has 0 aliphatic rings. The fourth-order valence-electron chi connectivity index (χ4n) is 2.59. The fourth-order valence-corrected chi connectivity index (χ4v) is 2.82. The number of amides is 1. The molecule has 2 aromatic carbocycles. The van der Waals surface area contributed by atoms with Gasteiger partial charge in [0.15, 0.2) is 11.9 Å². The number of aromatic nitrogens is 3. The summed E-state index contributed by atoms with van der Waals surface area (Å²) in [5.74, 6) is 1.71. The molecule has 7 heteroatoms. The van der Waals surface area contributed by atoms with Crippen molar-refractivity contribution in [3.05, 3.63) is 58.4 Å². The molecule has 1 unspecified atom stereocenters. The molecular formula is C20H21ClN4O2. The molecule has 0 saturated carbocycles. The first kappa shape index (κ1) is 18.9. The molecule has 140 valence electrons. The number of ether oxygens (including phenoxy) is 1. The van der Waals surface area contributed by atoms with Crippen molar-refractivity contribution in [2.75, 3.05) is 5.32 Å². The predicted octanol–water partition coefficient (Wildman–Crippen LogP) is 4.46. The van der Waals surface area contributed by atoms with Crippen LogP contribution in [0.3, 0.4) is 0 Å². The highest BCUT2D eigenvalue weighted by molar-refractivity contribution is 6.30. The van der Waals surface area contributed by atoms with E-state index >= 15 is 0 Å². The Kier molecular flexibility index (Phi) is 5.46. The first-order chi connectivity index (χ1) is 12.8. The van der Waals surface area contributed by atoms with Gasteiger partial charge < -0.3 is 10.1 Å². The van der Waals surface area contributed by atoms with Crippen LogP contribution in [0.15, 0.2) is 36.4 Å². The van der Waals surface area contributed by atoms with Gasteiger partial charge in [0.05, 0.1) is 0 Å². The molecule has 0 saturated heterocycles. The number of benzene rings is 2. The number of aryl methyl sites for hydroxylation is 3. The largest absolute Gasteiger partial charge is 0.481 e. The zero-order valence-corrected chi connectivity index (χ0v) is 16.4. The number of nitrogens with zero attached hydrogens (tertiary/aromatic N) is 2. The molecule has 2 N–H and O–H groups in total. The molecule has 1 aromatic heterocycles. The highest BCUT2D eigenvalue weighted by Gasteiger charge is 2.17. The summed E-state index contributed by atoms with van der Waals surface area (Å²) in [5, 5.41) is 10.5. The molecule has 27 heavy (non-hydrogen) atoms. The standard InChI is InChI=1S/C20H21ClN4O2/c1-11-5-6-15(19-22-14(4)24-25-19)10-17(11)23-20(26)13(3)27-18-8-7-16(21)9-12(18)2/h5-10,13H,1-4H3,(H,23,26)(H,22,24,25). The molecule has 0 spiro atoms. The summed E-state index contributed by atoms with van der Waals surface area (Å²) < 4.78 is 5.79. The van der Waals surface area contributed by atoms with E-state index in [1.165, 1.54) is 0 Å². The van der Waals surface area contributed by atoms with Crippen molar-refractivity contribution in [1.82, 2.24) is 15.2 Å². The molecule has 1 heterocycles. The lowest BCUT2D eigenvalue weighted by atomic mass is 10.1. The van der Waals surface area contributed by atoms with Gasteiger partial charge in [-0.2, -0.15) is 5.10 Å². The molecule has 0 bridgehead atoms. The van der Waals surface area contributed by atoms with Gasteiger partial charge in [0.1, 0.15) is 11.6 Å². The minimum Gasteiger partial charge on any atom is -0.481 e. The van der Waals surface area contributed by atoms with Gasteiger partial charge in [-0.15, -0.1) is 0 Å². The van der Waals surface area contributed by atoms with E-state index in [1.807, 2.05) is 39.0 Å². The maximum atomic E-state index is 12.6. The molecule has 0 aliphatic carbocycles. The van der Waals surface area contributed by atoms with Crippen LogP contribution in [0.1, 0.15) is 23.9 Å². The Hall–Kier alpha value is -2.86. The SMILES string of the molecule is Cc1nc(-c2ccc(C)c(NC(=O)C(C)Oc3ccc(Cl)cc3C)c2)n[nH]1. The summed E-state index contributed by atoms with van der Waals surface area (Å²) in [6.07, 6.45) is -0.668. The first-order valence-corrected chi connectivity index (χ1v) is 8.95. The second-order valence-electron chi connectivity index (χ2n) is 6.43. The zero-order valence-electron chi connectivity index (χ0n) is 15.6. The average Bonchev–Trinajstić information content (AvgIpc) is 3.05. The maximum absolute atomic E-state index is 12.6. The van der Waals surface area contributed by atoms with Crippen molar-refractivity contribution in [3.63, 3.8) is 0 Å². The lowest BCUT2D eigenvalue weighted by molar-refractivity contribution is -0.122. The minimum atomic E-state index is -0.668. The van der Waals surface area contributed by atoms with Crippen molar-refractivity contribution < 1.29 is 9.53 Å². The number of H-pyrrole nitrogens is 1. The third kappa shape index (κ3) is 4.46. The Morgan fingerprint density at radius 2 is 1.93 bits per heavy atom. The van der Waals surface area contributed by atoms with Crippen LogP contribution in [0.5, 0.6) is 5.75 Å². The second kappa shape index (κ2) is 7.80. The van der Waals surface area contributed by atoms with Crippen LogP contribution in [0, 0.1) is 20.8 Å². The van der Waals surface area contributed by atoms with Crippen molar-refractivity contribution in [1.29, 1.82) is 0 Å². The number of hydrogen-bond donors (Lipinski definition) is 2. The van der Waals surface area contributed by atoms with Crippen LogP contribution < -0.4 is 10.1 Å². The number of aromatic amines is 1. The third-order valence-corrected chi connectivity index (χ3v) is 4.40. The van der Waals surface area contributed by atoms with E-state index in [0.717, 1.165) is 22.5 Å². The summed E-state index contributed by atoms with van der Waals surface area (Å²) in [4.78, 5) is 16.9. The van der Waals surface area contributed by atoms with Gasteiger partial charge in [0.2, 0.25) is 0 Å². The minimum absolute atomic E-state index is 0.240. The molecule has 3 aromatic rings. The van der Waals surface area contributed by atoms with Crippen LogP contribution in [-0.4, -0.2) is 27.2 Å². The molecule has 1 atom stereocenters. The Morgan fingerprint density at radius 1 is 1.15 bits per heavy atom. The number of nitrogens with one attached hydrogen (secondary N) is 2. The molecule has 0 radical (unpaired) electrons. The lowest BCUT2D eigenvalue weighted by Gasteiger charge is -2.17. The third-order valence-electron chi connectivity index (χ3n) is 4.16. The van der Waals surface area contributed by atoms with Crippen LogP contribution in [-0.2, 0) is 4.79 Å². The van der Waals surface area contributed by atoms with Gasteiger partial charge in [-0.25, -0.2) is 4.98 Å². The molecule has 0 fully saturated rings. The summed E-state index contributed by atoms with van der Waals surface area (Å²) in [6.45, 7) is 7.36. The van der Waals surface area contributed by atoms with E-state index in [2.05, 4.69) is 20.5 Å².